The van der Waals surface area contributed by atoms with Crippen LogP contribution in [0.5, 0.6) is 5.75 Å². The maximum atomic E-state index is 12.1. The van der Waals surface area contributed by atoms with Crippen LogP contribution in [0.3, 0.4) is 0 Å². The lowest BCUT2D eigenvalue weighted by Gasteiger charge is -2.26. The van der Waals surface area contributed by atoms with Gasteiger partial charge in [0, 0.05) is 18.8 Å². The van der Waals surface area contributed by atoms with E-state index in [-0.39, 0.29) is 27.5 Å². The van der Waals surface area contributed by atoms with Crippen molar-refractivity contribution < 1.29 is 9.90 Å². The third-order valence-electron chi connectivity index (χ3n) is 3.15. The standard InChI is InChI=1S/C12H11Cl2N5O2/c13-8-1-6(2-9(14)11(8)20)16-12(21)10-5-19(18-17-10)7-3-15-4-7/h1-2,5,7,15,20H,3-4H2,(H,16,21). The molecule has 2 aromatic rings. The van der Waals surface area contributed by atoms with E-state index in [4.69, 9.17) is 23.2 Å². The topological polar surface area (TPSA) is 92.1 Å². The van der Waals surface area contributed by atoms with Gasteiger partial charge in [-0.25, -0.2) is 4.68 Å². The maximum absolute atomic E-state index is 12.1. The Morgan fingerprint density at radius 3 is 2.62 bits per heavy atom. The summed E-state index contributed by atoms with van der Waals surface area (Å²) in [5.41, 5.74) is 0.565. The number of phenolic OH excluding ortho intramolecular Hbond substituents is 1. The lowest BCUT2D eigenvalue weighted by molar-refractivity contribution is 0.102. The van der Waals surface area contributed by atoms with E-state index in [0.717, 1.165) is 13.1 Å². The quantitative estimate of drug-likeness (QED) is 0.746. The van der Waals surface area contributed by atoms with Crippen LogP contribution < -0.4 is 10.6 Å². The van der Waals surface area contributed by atoms with Gasteiger partial charge in [0.1, 0.15) is 0 Å². The zero-order chi connectivity index (χ0) is 15.0. The molecule has 1 amide bonds. The minimum absolute atomic E-state index is 0.0574. The van der Waals surface area contributed by atoms with Gasteiger partial charge in [0.25, 0.3) is 5.91 Å². The molecule has 0 atom stereocenters. The summed E-state index contributed by atoms with van der Waals surface area (Å²) in [6.07, 6.45) is 1.59. The number of nitrogens with one attached hydrogen (secondary N) is 2. The smallest absolute Gasteiger partial charge is 0.277 e. The van der Waals surface area contributed by atoms with Crippen molar-refractivity contribution in [2.75, 3.05) is 18.4 Å². The van der Waals surface area contributed by atoms with E-state index < -0.39 is 5.91 Å². The molecule has 9 heteroatoms. The normalized spacial score (nSPS) is 14.8. The van der Waals surface area contributed by atoms with Gasteiger partial charge in [-0.2, -0.15) is 0 Å². The highest BCUT2D eigenvalue weighted by molar-refractivity contribution is 6.37. The molecule has 0 aliphatic carbocycles. The number of benzene rings is 1. The molecule has 110 valence electrons. The summed E-state index contributed by atoms with van der Waals surface area (Å²) in [4.78, 5) is 12.1. The molecule has 0 unspecified atom stereocenters. The lowest BCUT2D eigenvalue weighted by atomic mass is 10.2. The monoisotopic (exact) mass is 327 g/mol. The number of rotatable bonds is 3. The van der Waals surface area contributed by atoms with E-state index in [2.05, 4.69) is 20.9 Å². The van der Waals surface area contributed by atoms with Gasteiger partial charge in [-0.3, -0.25) is 4.79 Å². The Morgan fingerprint density at radius 1 is 1.38 bits per heavy atom. The summed E-state index contributed by atoms with van der Waals surface area (Å²) in [7, 11) is 0. The molecule has 1 aromatic carbocycles. The summed E-state index contributed by atoms with van der Waals surface area (Å²) in [5, 5.41) is 23.1. The molecule has 1 aliphatic heterocycles. The number of hydrogen-bond donors (Lipinski definition) is 3. The molecule has 1 fully saturated rings. The molecule has 7 nitrogen and oxygen atoms in total. The molecular formula is C12H11Cl2N5O2. The molecule has 0 spiro atoms. The molecular weight excluding hydrogens is 317 g/mol. The molecule has 1 saturated heterocycles. The highest BCUT2D eigenvalue weighted by atomic mass is 35.5. The summed E-state index contributed by atoms with van der Waals surface area (Å²) >= 11 is 11.6. The number of nitrogens with zero attached hydrogens (tertiary/aromatic N) is 3. The van der Waals surface area contributed by atoms with Crippen LogP contribution in [-0.4, -0.2) is 39.1 Å². The van der Waals surface area contributed by atoms with Gasteiger partial charge in [-0.15, -0.1) is 5.10 Å². The van der Waals surface area contributed by atoms with E-state index in [1.165, 1.54) is 12.1 Å². The van der Waals surface area contributed by atoms with E-state index >= 15 is 0 Å². The highest BCUT2D eigenvalue weighted by Crippen LogP contribution is 2.34. The van der Waals surface area contributed by atoms with E-state index in [1.807, 2.05) is 0 Å². The fourth-order valence-electron chi connectivity index (χ4n) is 1.85. The van der Waals surface area contributed by atoms with Crippen molar-refractivity contribution in [1.29, 1.82) is 0 Å². The third kappa shape index (κ3) is 2.80. The highest BCUT2D eigenvalue weighted by Gasteiger charge is 2.21. The van der Waals surface area contributed by atoms with Crippen molar-refractivity contribution in [2.45, 2.75) is 6.04 Å². The van der Waals surface area contributed by atoms with Gasteiger partial charge < -0.3 is 15.7 Å². The number of phenols is 1. The van der Waals surface area contributed by atoms with Gasteiger partial charge in [-0.05, 0) is 12.1 Å². The van der Waals surface area contributed by atoms with Crippen LogP contribution >= 0.6 is 23.2 Å². The molecule has 21 heavy (non-hydrogen) atoms. The van der Waals surface area contributed by atoms with E-state index in [0.29, 0.717) is 5.69 Å². The average molecular weight is 328 g/mol. The average Bonchev–Trinajstić information content (AvgIpc) is 2.83. The van der Waals surface area contributed by atoms with E-state index in [1.54, 1.807) is 10.9 Å². The second kappa shape index (κ2) is 5.51. The number of aromatic hydroxyl groups is 1. The number of carbonyl (C=O) groups is 1. The second-order valence-electron chi connectivity index (χ2n) is 4.64. The number of hydrogen-bond acceptors (Lipinski definition) is 5. The third-order valence-corrected chi connectivity index (χ3v) is 3.73. The second-order valence-corrected chi connectivity index (χ2v) is 5.45. The molecule has 3 rings (SSSR count). The Morgan fingerprint density at radius 2 is 2.05 bits per heavy atom. The minimum atomic E-state index is -0.425. The molecule has 2 heterocycles. The van der Waals surface area contributed by atoms with Crippen molar-refractivity contribution in [3.8, 4) is 5.75 Å². The van der Waals surface area contributed by atoms with E-state index in [9.17, 15) is 9.90 Å². The number of amides is 1. The first-order valence-electron chi connectivity index (χ1n) is 6.16. The van der Waals surface area contributed by atoms with Crippen LogP contribution in [0.15, 0.2) is 18.3 Å². The summed E-state index contributed by atoms with van der Waals surface area (Å²) in [5.74, 6) is -0.647. The zero-order valence-electron chi connectivity index (χ0n) is 10.7. The van der Waals surface area contributed by atoms with Crippen LogP contribution in [0, 0.1) is 0 Å². The lowest BCUT2D eigenvalue weighted by Crippen LogP contribution is -2.43. The van der Waals surface area contributed by atoms with Crippen molar-refractivity contribution in [3.63, 3.8) is 0 Å². The Hall–Kier alpha value is -1.83. The minimum Gasteiger partial charge on any atom is -0.505 e. The van der Waals surface area contributed by atoms with Crippen molar-refractivity contribution in [1.82, 2.24) is 20.3 Å². The van der Waals surface area contributed by atoms with Gasteiger partial charge in [-0.1, -0.05) is 28.4 Å². The van der Waals surface area contributed by atoms with Crippen LogP contribution in [0.25, 0.3) is 0 Å². The fourth-order valence-corrected chi connectivity index (χ4v) is 2.34. The molecule has 1 aromatic heterocycles. The molecule has 0 saturated carbocycles. The molecule has 0 bridgehead atoms. The Kier molecular flexibility index (Phi) is 3.71. The molecule has 0 radical (unpaired) electrons. The van der Waals surface area contributed by atoms with Crippen molar-refractivity contribution >= 4 is 34.8 Å². The Balaban J connectivity index is 1.75. The predicted molar refractivity (Wildman–Crippen MR) is 78.0 cm³/mol. The molecule has 3 N–H and O–H groups in total. The first-order valence-corrected chi connectivity index (χ1v) is 6.92. The van der Waals surface area contributed by atoms with Crippen molar-refractivity contribution in [2.24, 2.45) is 0 Å². The summed E-state index contributed by atoms with van der Waals surface area (Å²) in [6.45, 7) is 1.63. The van der Waals surface area contributed by atoms with Crippen LogP contribution in [0.4, 0.5) is 5.69 Å². The Labute approximate surface area is 129 Å². The number of aromatic nitrogens is 3. The van der Waals surface area contributed by atoms with Crippen LogP contribution in [0.1, 0.15) is 16.5 Å². The van der Waals surface area contributed by atoms with Crippen molar-refractivity contribution in [3.05, 3.63) is 34.1 Å². The number of halogens is 2. The van der Waals surface area contributed by atoms with Gasteiger partial charge in [0.2, 0.25) is 0 Å². The SMILES string of the molecule is O=C(Nc1cc(Cl)c(O)c(Cl)c1)c1cn(C2CNC2)nn1. The largest absolute Gasteiger partial charge is 0.505 e. The summed E-state index contributed by atoms with van der Waals surface area (Å²) < 4.78 is 1.65. The van der Waals surface area contributed by atoms with Crippen LogP contribution in [0.2, 0.25) is 10.0 Å². The van der Waals surface area contributed by atoms with Gasteiger partial charge >= 0.3 is 0 Å². The predicted octanol–water partition coefficient (Wildman–Crippen LogP) is 1.69. The number of carbonyl (C=O) groups excluding carboxylic acids is 1. The molecule has 1 aliphatic rings. The zero-order valence-corrected chi connectivity index (χ0v) is 12.2. The van der Waals surface area contributed by atoms with Crippen LogP contribution in [-0.2, 0) is 0 Å². The fraction of sp³-hybridized carbons (Fsp3) is 0.250. The summed E-state index contributed by atoms with van der Waals surface area (Å²) in [6, 6.07) is 3.04. The Bertz CT molecular complexity index is 676. The first kappa shape index (κ1) is 14.1. The number of anilines is 1. The maximum Gasteiger partial charge on any atom is 0.277 e. The first-order chi connectivity index (χ1) is 10.0. The van der Waals surface area contributed by atoms with Gasteiger partial charge in [0.15, 0.2) is 11.4 Å². The van der Waals surface area contributed by atoms with Gasteiger partial charge in [0.05, 0.1) is 22.3 Å².